The second kappa shape index (κ2) is 4.55. The molecule has 1 saturated carbocycles. The lowest BCUT2D eigenvalue weighted by Crippen LogP contribution is -1.90. The molecule has 1 aliphatic carbocycles. The Bertz CT molecular complexity index is 573. The first-order valence-electron chi connectivity index (χ1n) is 6.89. The van der Waals surface area contributed by atoms with Crippen LogP contribution in [0.15, 0.2) is 23.6 Å². The lowest BCUT2D eigenvalue weighted by Gasteiger charge is -2.10. The number of hydrogen-bond donors (Lipinski definition) is 0. The van der Waals surface area contributed by atoms with E-state index in [1.165, 1.54) is 34.4 Å². The number of hydrogen-bond acceptors (Lipinski definition) is 1. The van der Waals surface area contributed by atoms with Crippen LogP contribution in [0.1, 0.15) is 47.9 Å². The lowest BCUT2D eigenvalue weighted by atomic mass is 9.96. The molecule has 0 amide bonds. The van der Waals surface area contributed by atoms with Crippen LogP contribution < -0.4 is 0 Å². The molecule has 0 atom stereocenters. The molecule has 0 unspecified atom stereocenters. The van der Waals surface area contributed by atoms with E-state index in [0.717, 1.165) is 12.3 Å². The van der Waals surface area contributed by atoms with Crippen LogP contribution in [0.4, 0.5) is 0 Å². The van der Waals surface area contributed by atoms with Crippen LogP contribution in [-0.4, -0.2) is 0 Å². The molecule has 1 heteroatoms. The summed E-state index contributed by atoms with van der Waals surface area (Å²) in [5, 5.41) is 2.41. The Kier molecular flexibility index (Phi) is 3.03. The largest absolute Gasteiger partial charge is 0.143 e. The molecule has 1 aromatic heterocycles. The SMILES string of the molecule is CCc1c(C2CC2)csc1-c1cccc(C)c1C. The Morgan fingerprint density at radius 2 is 2.00 bits per heavy atom. The number of rotatable bonds is 3. The van der Waals surface area contributed by atoms with Gasteiger partial charge in [0.25, 0.3) is 0 Å². The molecular weight excluding hydrogens is 236 g/mol. The normalized spacial score (nSPS) is 15.1. The molecule has 1 aromatic carbocycles. The van der Waals surface area contributed by atoms with Crippen LogP contribution >= 0.6 is 11.3 Å². The van der Waals surface area contributed by atoms with Gasteiger partial charge in [-0.1, -0.05) is 25.1 Å². The quantitative estimate of drug-likeness (QED) is 0.683. The van der Waals surface area contributed by atoms with Gasteiger partial charge >= 0.3 is 0 Å². The topological polar surface area (TPSA) is 0 Å². The van der Waals surface area contributed by atoms with Crippen LogP contribution in [0.5, 0.6) is 0 Å². The zero-order chi connectivity index (χ0) is 12.7. The highest BCUT2D eigenvalue weighted by Crippen LogP contribution is 2.47. The van der Waals surface area contributed by atoms with Gasteiger partial charge in [0.05, 0.1) is 0 Å². The van der Waals surface area contributed by atoms with Crippen molar-refractivity contribution >= 4 is 11.3 Å². The number of thiophene rings is 1. The van der Waals surface area contributed by atoms with E-state index in [-0.39, 0.29) is 0 Å². The molecule has 1 fully saturated rings. The van der Waals surface area contributed by atoms with Crippen LogP contribution in [-0.2, 0) is 6.42 Å². The molecule has 94 valence electrons. The summed E-state index contributed by atoms with van der Waals surface area (Å²) in [5.74, 6) is 0.870. The van der Waals surface area contributed by atoms with Gasteiger partial charge in [-0.05, 0) is 72.2 Å². The minimum absolute atomic E-state index is 0.870. The van der Waals surface area contributed by atoms with Gasteiger partial charge in [0, 0.05) is 4.88 Å². The van der Waals surface area contributed by atoms with Crippen molar-refractivity contribution in [2.75, 3.05) is 0 Å². The molecule has 1 aliphatic rings. The Balaban J connectivity index is 2.13. The zero-order valence-corrected chi connectivity index (χ0v) is 12.2. The van der Waals surface area contributed by atoms with Gasteiger partial charge < -0.3 is 0 Å². The van der Waals surface area contributed by atoms with Gasteiger partial charge in [-0.2, -0.15) is 0 Å². The third kappa shape index (κ3) is 1.91. The Labute approximate surface area is 114 Å². The average molecular weight is 256 g/mol. The second-order valence-corrected chi connectivity index (χ2v) is 6.25. The van der Waals surface area contributed by atoms with Gasteiger partial charge in [0.2, 0.25) is 0 Å². The van der Waals surface area contributed by atoms with Crippen molar-refractivity contribution in [3.8, 4) is 10.4 Å². The van der Waals surface area contributed by atoms with Gasteiger partial charge in [-0.3, -0.25) is 0 Å². The number of benzene rings is 1. The maximum absolute atomic E-state index is 2.41. The standard InChI is InChI=1S/C17H20S/c1-4-14-16(13-8-9-13)10-18-17(14)15-7-5-6-11(2)12(15)3/h5-7,10,13H,4,8-9H2,1-3H3. The number of aryl methyl sites for hydroxylation is 1. The molecular formula is C17H20S. The summed E-state index contributed by atoms with van der Waals surface area (Å²) in [6.45, 7) is 6.75. The lowest BCUT2D eigenvalue weighted by molar-refractivity contribution is 1.05. The Morgan fingerprint density at radius 1 is 1.22 bits per heavy atom. The van der Waals surface area contributed by atoms with Crippen molar-refractivity contribution in [1.82, 2.24) is 0 Å². The van der Waals surface area contributed by atoms with E-state index in [2.05, 4.69) is 44.4 Å². The molecule has 0 aliphatic heterocycles. The van der Waals surface area contributed by atoms with E-state index in [0.29, 0.717) is 0 Å². The van der Waals surface area contributed by atoms with Crippen LogP contribution in [0.2, 0.25) is 0 Å². The van der Waals surface area contributed by atoms with Crippen molar-refractivity contribution in [2.24, 2.45) is 0 Å². The summed E-state index contributed by atoms with van der Waals surface area (Å²) >= 11 is 1.95. The van der Waals surface area contributed by atoms with Gasteiger partial charge in [-0.15, -0.1) is 11.3 Å². The fraction of sp³-hybridized carbons (Fsp3) is 0.412. The first-order valence-corrected chi connectivity index (χ1v) is 7.77. The van der Waals surface area contributed by atoms with E-state index in [4.69, 9.17) is 0 Å². The van der Waals surface area contributed by atoms with E-state index < -0.39 is 0 Å². The van der Waals surface area contributed by atoms with Crippen molar-refractivity contribution < 1.29 is 0 Å². The first kappa shape index (κ1) is 12.0. The van der Waals surface area contributed by atoms with Crippen LogP contribution in [0.25, 0.3) is 10.4 Å². The second-order valence-electron chi connectivity index (χ2n) is 5.37. The third-order valence-corrected chi connectivity index (χ3v) is 5.22. The molecule has 1 heterocycles. The van der Waals surface area contributed by atoms with Gasteiger partial charge in [0.1, 0.15) is 0 Å². The van der Waals surface area contributed by atoms with Crippen molar-refractivity contribution in [1.29, 1.82) is 0 Å². The van der Waals surface area contributed by atoms with Crippen LogP contribution in [0.3, 0.4) is 0 Å². The van der Waals surface area contributed by atoms with Crippen molar-refractivity contribution in [3.63, 3.8) is 0 Å². The van der Waals surface area contributed by atoms with Crippen molar-refractivity contribution in [3.05, 3.63) is 45.8 Å². The maximum Gasteiger partial charge on any atom is 0.0380 e. The minimum Gasteiger partial charge on any atom is -0.143 e. The fourth-order valence-corrected chi connectivity index (χ4v) is 4.05. The predicted molar refractivity (Wildman–Crippen MR) is 80.6 cm³/mol. The highest BCUT2D eigenvalue weighted by atomic mass is 32.1. The smallest absolute Gasteiger partial charge is 0.0380 e. The summed E-state index contributed by atoms with van der Waals surface area (Å²) in [4.78, 5) is 1.51. The average Bonchev–Trinajstić information content (AvgIpc) is 3.13. The molecule has 3 rings (SSSR count). The molecule has 0 radical (unpaired) electrons. The predicted octanol–water partition coefficient (Wildman–Crippen LogP) is 5.47. The highest BCUT2D eigenvalue weighted by Gasteiger charge is 2.28. The maximum atomic E-state index is 2.41. The first-order chi connectivity index (χ1) is 8.72. The fourth-order valence-electron chi connectivity index (χ4n) is 2.72. The molecule has 0 N–H and O–H groups in total. The van der Waals surface area contributed by atoms with E-state index in [9.17, 15) is 0 Å². The summed E-state index contributed by atoms with van der Waals surface area (Å²) in [5.41, 5.74) is 7.53. The van der Waals surface area contributed by atoms with E-state index in [1.807, 2.05) is 11.3 Å². The van der Waals surface area contributed by atoms with E-state index in [1.54, 1.807) is 11.1 Å². The van der Waals surface area contributed by atoms with Gasteiger partial charge in [0.15, 0.2) is 0 Å². The monoisotopic (exact) mass is 256 g/mol. The van der Waals surface area contributed by atoms with E-state index >= 15 is 0 Å². The third-order valence-electron chi connectivity index (χ3n) is 4.15. The summed E-state index contributed by atoms with van der Waals surface area (Å²) in [7, 11) is 0. The molecule has 18 heavy (non-hydrogen) atoms. The molecule has 2 aromatic rings. The summed E-state index contributed by atoms with van der Waals surface area (Å²) in [6.07, 6.45) is 3.96. The molecule has 0 nitrogen and oxygen atoms in total. The highest BCUT2D eigenvalue weighted by molar-refractivity contribution is 7.14. The summed E-state index contributed by atoms with van der Waals surface area (Å²) in [6, 6.07) is 6.68. The van der Waals surface area contributed by atoms with Crippen LogP contribution in [0, 0.1) is 13.8 Å². The Morgan fingerprint density at radius 3 is 2.67 bits per heavy atom. The molecule has 0 bridgehead atoms. The summed E-state index contributed by atoms with van der Waals surface area (Å²) < 4.78 is 0. The minimum atomic E-state index is 0.870. The Hall–Kier alpha value is -1.08. The van der Waals surface area contributed by atoms with Crippen molar-refractivity contribution in [2.45, 2.75) is 46.0 Å². The molecule has 0 saturated heterocycles. The van der Waals surface area contributed by atoms with Gasteiger partial charge in [-0.25, -0.2) is 0 Å². The molecule has 0 spiro atoms. The zero-order valence-electron chi connectivity index (χ0n) is 11.4.